The molecule has 2 saturated carbocycles. The standard InChI is InChI=1S/C24H20/c1-2-16-6-7-18-8-9-20(14-21-13-15-4-5-19(21)12-15)22-11-10-17(3-1)23(16)24(18)22/h1-3,6-11,14-15,19H,4-5,12-13H2/b21-14+. The van der Waals surface area contributed by atoms with Crippen molar-refractivity contribution in [2.24, 2.45) is 11.8 Å². The Morgan fingerprint density at radius 3 is 2.25 bits per heavy atom. The summed E-state index contributed by atoms with van der Waals surface area (Å²) in [6, 6.07) is 20.5. The van der Waals surface area contributed by atoms with E-state index >= 15 is 0 Å². The van der Waals surface area contributed by atoms with Gasteiger partial charge in [0.25, 0.3) is 0 Å². The lowest BCUT2D eigenvalue weighted by molar-refractivity contribution is 0.563. The van der Waals surface area contributed by atoms with E-state index in [1.54, 1.807) is 5.57 Å². The molecule has 2 unspecified atom stereocenters. The minimum atomic E-state index is 0.869. The molecule has 2 atom stereocenters. The van der Waals surface area contributed by atoms with E-state index < -0.39 is 0 Å². The molecule has 0 nitrogen and oxygen atoms in total. The van der Waals surface area contributed by atoms with Crippen LogP contribution in [0.4, 0.5) is 0 Å². The van der Waals surface area contributed by atoms with Crippen molar-refractivity contribution in [2.45, 2.75) is 25.7 Å². The van der Waals surface area contributed by atoms with Gasteiger partial charge in [-0.2, -0.15) is 0 Å². The summed E-state index contributed by atoms with van der Waals surface area (Å²) in [5.41, 5.74) is 3.13. The lowest BCUT2D eigenvalue weighted by Gasteiger charge is -2.15. The molecule has 2 bridgehead atoms. The fourth-order valence-corrected chi connectivity index (χ4v) is 5.36. The van der Waals surface area contributed by atoms with Gasteiger partial charge >= 0.3 is 0 Å². The van der Waals surface area contributed by atoms with Crippen LogP contribution in [-0.4, -0.2) is 0 Å². The molecule has 0 spiro atoms. The third kappa shape index (κ3) is 1.69. The van der Waals surface area contributed by atoms with E-state index in [2.05, 4.69) is 60.7 Å². The lowest BCUT2D eigenvalue weighted by Crippen LogP contribution is -1.97. The molecular weight excluding hydrogens is 288 g/mol. The maximum Gasteiger partial charge on any atom is -0.00208 e. The minimum Gasteiger partial charge on any atom is -0.0662 e. The summed E-state index contributed by atoms with van der Waals surface area (Å²) in [5.74, 6) is 1.84. The van der Waals surface area contributed by atoms with Gasteiger partial charge in [0.1, 0.15) is 0 Å². The van der Waals surface area contributed by atoms with Crippen molar-refractivity contribution in [2.75, 3.05) is 0 Å². The van der Waals surface area contributed by atoms with Crippen molar-refractivity contribution in [3.05, 3.63) is 65.7 Å². The molecule has 4 aromatic carbocycles. The third-order valence-corrected chi connectivity index (χ3v) is 6.49. The van der Waals surface area contributed by atoms with Crippen LogP contribution in [0.5, 0.6) is 0 Å². The van der Waals surface area contributed by atoms with Crippen LogP contribution >= 0.6 is 0 Å². The molecule has 2 aliphatic rings. The monoisotopic (exact) mass is 308 g/mol. The minimum absolute atomic E-state index is 0.869. The van der Waals surface area contributed by atoms with Crippen LogP contribution < -0.4 is 0 Å². The van der Waals surface area contributed by atoms with E-state index in [-0.39, 0.29) is 0 Å². The molecule has 116 valence electrons. The second kappa shape index (κ2) is 4.60. The summed E-state index contributed by atoms with van der Waals surface area (Å²) in [4.78, 5) is 0. The quantitative estimate of drug-likeness (QED) is 0.340. The van der Waals surface area contributed by atoms with E-state index in [0.717, 1.165) is 11.8 Å². The summed E-state index contributed by atoms with van der Waals surface area (Å²) < 4.78 is 0. The maximum atomic E-state index is 2.52. The molecule has 2 fully saturated rings. The first kappa shape index (κ1) is 13.0. The van der Waals surface area contributed by atoms with Crippen LogP contribution in [0.15, 0.2) is 60.2 Å². The average molecular weight is 308 g/mol. The van der Waals surface area contributed by atoms with Gasteiger partial charge in [0.2, 0.25) is 0 Å². The second-order valence-electron chi connectivity index (χ2n) is 7.81. The van der Waals surface area contributed by atoms with Crippen LogP contribution in [0.2, 0.25) is 0 Å². The van der Waals surface area contributed by atoms with Gasteiger partial charge in [-0.25, -0.2) is 0 Å². The van der Waals surface area contributed by atoms with Gasteiger partial charge in [0.05, 0.1) is 0 Å². The zero-order valence-electron chi connectivity index (χ0n) is 13.8. The molecule has 4 aromatic rings. The highest BCUT2D eigenvalue weighted by molar-refractivity contribution is 6.24. The summed E-state index contributed by atoms with van der Waals surface area (Å²) in [6.07, 6.45) is 8.18. The molecule has 0 N–H and O–H groups in total. The van der Waals surface area contributed by atoms with Crippen molar-refractivity contribution >= 4 is 38.4 Å². The number of hydrogen-bond donors (Lipinski definition) is 0. The normalized spacial score (nSPS) is 24.9. The van der Waals surface area contributed by atoms with Crippen molar-refractivity contribution < 1.29 is 0 Å². The summed E-state index contributed by atoms with van der Waals surface area (Å²) in [5, 5.41) is 8.38. The molecule has 2 aliphatic carbocycles. The van der Waals surface area contributed by atoms with Gasteiger partial charge in [-0.1, -0.05) is 66.2 Å². The Morgan fingerprint density at radius 1 is 0.750 bits per heavy atom. The Hall–Kier alpha value is -2.34. The Kier molecular flexibility index (Phi) is 2.49. The molecule has 0 heteroatoms. The fraction of sp³-hybridized carbons (Fsp3) is 0.250. The molecule has 24 heavy (non-hydrogen) atoms. The highest BCUT2D eigenvalue weighted by Gasteiger charge is 2.35. The SMILES string of the molecule is C(=C1/CC2CCC1C2)/c1ccc2ccc3cccc4ccc1c2c34. The van der Waals surface area contributed by atoms with Gasteiger partial charge in [0.15, 0.2) is 0 Å². The van der Waals surface area contributed by atoms with Gasteiger partial charge in [-0.3, -0.25) is 0 Å². The summed E-state index contributed by atoms with van der Waals surface area (Å²) >= 11 is 0. The van der Waals surface area contributed by atoms with Crippen molar-refractivity contribution in [3.63, 3.8) is 0 Å². The molecular formula is C24H20. The van der Waals surface area contributed by atoms with Crippen LogP contribution in [-0.2, 0) is 0 Å². The molecule has 0 aromatic heterocycles. The Morgan fingerprint density at radius 2 is 1.50 bits per heavy atom. The van der Waals surface area contributed by atoms with Gasteiger partial charge in [-0.05, 0) is 75.4 Å². The first-order valence-electron chi connectivity index (χ1n) is 9.24. The molecule has 0 heterocycles. The molecule has 0 aliphatic heterocycles. The number of allylic oxidation sites excluding steroid dienone is 1. The van der Waals surface area contributed by atoms with E-state index in [9.17, 15) is 0 Å². The number of hydrogen-bond acceptors (Lipinski definition) is 0. The van der Waals surface area contributed by atoms with Crippen LogP contribution in [0, 0.1) is 11.8 Å². The van der Waals surface area contributed by atoms with E-state index in [1.165, 1.54) is 63.6 Å². The number of fused-ring (bicyclic) bond motifs is 2. The smallest absolute Gasteiger partial charge is 0.00208 e. The van der Waals surface area contributed by atoms with Crippen LogP contribution in [0.1, 0.15) is 31.2 Å². The zero-order valence-corrected chi connectivity index (χ0v) is 13.8. The third-order valence-electron chi connectivity index (χ3n) is 6.49. The predicted molar refractivity (Wildman–Crippen MR) is 104 cm³/mol. The predicted octanol–water partition coefficient (Wildman–Crippen LogP) is 6.79. The Balaban J connectivity index is 1.66. The number of benzene rings is 4. The van der Waals surface area contributed by atoms with Gasteiger partial charge < -0.3 is 0 Å². The first-order valence-corrected chi connectivity index (χ1v) is 9.24. The summed E-state index contributed by atoms with van der Waals surface area (Å²) in [6.45, 7) is 0. The van der Waals surface area contributed by atoms with E-state index in [4.69, 9.17) is 0 Å². The van der Waals surface area contributed by atoms with Crippen molar-refractivity contribution in [3.8, 4) is 0 Å². The fourth-order valence-electron chi connectivity index (χ4n) is 5.36. The van der Waals surface area contributed by atoms with Crippen LogP contribution in [0.25, 0.3) is 38.4 Å². The molecule has 0 saturated heterocycles. The average Bonchev–Trinajstić information content (AvgIpc) is 3.24. The first-order chi connectivity index (χ1) is 11.9. The second-order valence-corrected chi connectivity index (χ2v) is 7.81. The Labute approximate surface area is 142 Å². The highest BCUT2D eigenvalue weighted by atomic mass is 14.4. The lowest BCUT2D eigenvalue weighted by atomic mass is 9.89. The molecule has 0 amide bonds. The maximum absolute atomic E-state index is 2.52. The van der Waals surface area contributed by atoms with Crippen LogP contribution in [0.3, 0.4) is 0 Å². The number of rotatable bonds is 1. The zero-order chi connectivity index (χ0) is 15.7. The summed E-state index contributed by atoms with van der Waals surface area (Å²) in [7, 11) is 0. The van der Waals surface area contributed by atoms with E-state index in [0.29, 0.717) is 0 Å². The van der Waals surface area contributed by atoms with Gasteiger partial charge in [-0.15, -0.1) is 0 Å². The van der Waals surface area contributed by atoms with Crippen molar-refractivity contribution in [1.82, 2.24) is 0 Å². The van der Waals surface area contributed by atoms with E-state index in [1.807, 2.05) is 0 Å². The molecule has 0 radical (unpaired) electrons. The topological polar surface area (TPSA) is 0 Å². The highest BCUT2D eigenvalue weighted by Crippen LogP contribution is 2.49. The largest absolute Gasteiger partial charge is 0.0662 e. The molecule has 6 rings (SSSR count). The van der Waals surface area contributed by atoms with Crippen molar-refractivity contribution in [1.29, 1.82) is 0 Å². The van der Waals surface area contributed by atoms with Gasteiger partial charge in [0, 0.05) is 0 Å². The Bertz CT molecular complexity index is 1100.